The maximum absolute atomic E-state index is 11.9. The average molecular weight is 245 g/mol. The number of hydrogen-bond acceptors (Lipinski definition) is 3. The van der Waals surface area contributed by atoms with Gasteiger partial charge in [-0.05, 0) is 19.4 Å². The number of Topliss-reactive ketones (excluding diaryl/α,β-unsaturated/α-hetero) is 1. The molecule has 1 aromatic carbocycles. The number of carbonyl (C=O) groups excluding carboxylic acids is 1. The number of nitrogens with zero attached hydrogens (tertiary/aromatic N) is 2. The van der Waals surface area contributed by atoms with Gasteiger partial charge < -0.3 is 5.73 Å². The second kappa shape index (κ2) is 5.31. The first-order valence-electron chi connectivity index (χ1n) is 6.40. The Labute approximate surface area is 107 Å². The number of carbonyl (C=O) groups is 1. The van der Waals surface area contributed by atoms with Gasteiger partial charge in [-0.2, -0.15) is 5.10 Å². The number of aromatic nitrogens is 2. The van der Waals surface area contributed by atoms with E-state index >= 15 is 0 Å². The first-order valence-corrected chi connectivity index (χ1v) is 6.40. The van der Waals surface area contributed by atoms with Crippen LogP contribution in [-0.4, -0.2) is 21.6 Å². The summed E-state index contributed by atoms with van der Waals surface area (Å²) in [5.74, 6) is 0.0593. The molecule has 2 aromatic rings. The van der Waals surface area contributed by atoms with Gasteiger partial charge in [0.2, 0.25) is 0 Å². The standard InChI is InChI=1S/C14H19N3O/c1-3-11(15)14(18)9-12-10-7-5-6-8-13(10)17(4-2)16-12/h5-8,11H,3-4,9,15H2,1-2H3. The molecule has 4 nitrogen and oxygen atoms in total. The van der Waals surface area contributed by atoms with Gasteiger partial charge in [-0.15, -0.1) is 0 Å². The van der Waals surface area contributed by atoms with Gasteiger partial charge in [0.1, 0.15) is 0 Å². The molecule has 0 amide bonds. The molecule has 1 unspecified atom stereocenters. The maximum atomic E-state index is 11.9. The van der Waals surface area contributed by atoms with E-state index in [2.05, 4.69) is 5.10 Å². The second-order valence-corrected chi connectivity index (χ2v) is 4.44. The Hall–Kier alpha value is -1.68. The Kier molecular flexibility index (Phi) is 3.77. The third-order valence-corrected chi connectivity index (χ3v) is 3.23. The zero-order chi connectivity index (χ0) is 13.1. The Bertz CT molecular complexity index is 559. The number of fused-ring (bicyclic) bond motifs is 1. The van der Waals surface area contributed by atoms with Crippen molar-refractivity contribution < 1.29 is 4.79 Å². The van der Waals surface area contributed by atoms with Crippen LogP contribution < -0.4 is 5.73 Å². The number of aryl methyl sites for hydroxylation is 1. The zero-order valence-corrected chi connectivity index (χ0v) is 10.9. The smallest absolute Gasteiger partial charge is 0.155 e. The van der Waals surface area contributed by atoms with Crippen LogP contribution in [0.2, 0.25) is 0 Å². The summed E-state index contributed by atoms with van der Waals surface area (Å²) in [6.45, 7) is 4.77. The molecule has 0 aliphatic rings. The van der Waals surface area contributed by atoms with Crippen LogP contribution in [0.3, 0.4) is 0 Å². The lowest BCUT2D eigenvalue weighted by Gasteiger charge is -2.05. The third kappa shape index (κ3) is 2.29. The lowest BCUT2D eigenvalue weighted by molar-refractivity contribution is -0.119. The average Bonchev–Trinajstić information content (AvgIpc) is 2.76. The van der Waals surface area contributed by atoms with E-state index in [9.17, 15) is 4.79 Å². The fraction of sp³-hybridized carbons (Fsp3) is 0.429. The van der Waals surface area contributed by atoms with Crippen LogP contribution in [0.1, 0.15) is 26.0 Å². The number of hydrogen-bond donors (Lipinski definition) is 1. The number of benzene rings is 1. The van der Waals surface area contributed by atoms with E-state index in [1.54, 1.807) is 0 Å². The highest BCUT2D eigenvalue weighted by atomic mass is 16.1. The predicted molar refractivity (Wildman–Crippen MR) is 72.4 cm³/mol. The van der Waals surface area contributed by atoms with E-state index in [0.29, 0.717) is 12.8 Å². The van der Waals surface area contributed by atoms with Gasteiger partial charge in [0.15, 0.2) is 5.78 Å². The van der Waals surface area contributed by atoms with Crippen LogP contribution in [0.5, 0.6) is 0 Å². The molecule has 2 N–H and O–H groups in total. The summed E-state index contributed by atoms with van der Waals surface area (Å²) in [6, 6.07) is 7.61. The van der Waals surface area contributed by atoms with Crippen molar-refractivity contribution in [2.75, 3.05) is 0 Å². The van der Waals surface area contributed by atoms with Crippen molar-refractivity contribution in [2.45, 2.75) is 39.3 Å². The van der Waals surface area contributed by atoms with Crippen molar-refractivity contribution in [2.24, 2.45) is 5.73 Å². The van der Waals surface area contributed by atoms with E-state index in [-0.39, 0.29) is 11.8 Å². The van der Waals surface area contributed by atoms with E-state index in [4.69, 9.17) is 5.73 Å². The molecule has 0 spiro atoms. The quantitative estimate of drug-likeness (QED) is 0.875. The summed E-state index contributed by atoms with van der Waals surface area (Å²) in [6.07, 6.45) is 0.994. The molecule has 18 heavy (non-hydrogen) atoms. The molecule has 0 fully saturated rings. The fourth-order valence-electron chi connectivity index (χ4n) is 2.09. The lowest BCUT2D eigenvalue weighted by Crippen LogP contribution is -2.31. The second-order valence-electron chi connectivity index (χ2n) is 4.44. The summed E-state index contributed by atoms with van der Waals surface area (Å²) in [5, 5.41) is 5.56. The van der Waals surface area contributed by atoms with Gasteiger partial charge in [0.05, 0.1) is 23.7 Å². The molecule has 1 aromatic heterocycles. The normalized spacial score (nSPS) is 12.8. The van der Waals surface area contributed by atoms with E-state index in [1.165, 1.54) is 0 Å². The molecule has 1 atom stereocenters. The summed E-state index contributed by atoms with van der Waals surface area (Å²) >= 11 is 0. The molecule has 4 heteroatoms. The van der Waals surface area contributed by atoms with Crippen molar-refractivity contribution in [3.8, 4) is 0 Å². The summed E-state index contributed by atoms with van der Waals surface area (Å²) in [7, 11) is 0. The number of nitrogens with two attached hydrogens (primary N) is 1. The van der Waals surface area contributed by atoms with Gasteiger partial charge in [-0.25, -0.2) is 0 Å². The van der Waals surface area contributed by atoms with Crippen LogP contribution in [0, 0.1) is 0 Å². The van der Waals surface area contributed by atoms with Gasteiger partial charge >= 0.3 is 0 Å². The van der Waals surface area contributed by atoms with Crippen LogP contribution >= 0.6 is 0 Å². The van der Waals surface area contributed by atoms with Gasteiger partial charge in [-0.1, -0.05) is 25.1 Å². The fourth-order valence-corrected chi connectivity index (χ4v) is 2.09. The van der Waals surface area contributed by atoms with Crippen molar-refractivity contribution in [1.29, 1.82) is 0 Å². The molecule has 0 aliphatic carbocycles. The summed E-state index contributed by atoms with van der Waals surface area (Å²) in [5.41, 5.74) is 7.67. The third-order valence-electron chi connectivity index (χ3n) is 3.23. The largest absolute Gasteiger partial charge is 0.322 e. The maximum Gasteiger partial charge on any atom is 0.155 e. The minimum absolute atomic E-state index is 0.0593. The van der Waals surface area contributed by atoms with E-state index in [0.717, 1.165) is 23.1 Å². The van der Waals surface area contributed by atoms with Gasteiger partial charge in [-0.3, -0.25) is 9.48 Å². The van der Waals surface area contributed by atoms with Crippen molar-refractivity contribution >= 4 is 16.7 Å². The molecule has 0 bridgehead atoms. The molecule has 96 valence electrons. The van der Waals surface area contributed by atoms with E-state index < -0.39 is 0 Å². The Morgan fingerprint density at radius 1 is 1.39 bits per heavy atom. The van der Waals surface area contributed by atoms with Gasteiger partial charge in [0.25, 0.3) is 0 Å². The predicted octanol–water partition coefficient (Wildman–Crippen LogP) is 1.91. The highest BCUT2D eigenvalue weighted by Gasteiger charge is 2.16. The van der Waals surface area contributed by atoms with Crippen LogP contribution in [0.25, 0.3) is 10.9 Å². The number of para-hydroxylation sites is 1. The highest BCUT2D eigenvalue weighted by Crippen LogP contribution is 2.19. The molecule has 0 radical (unpaired) electrons. The molecule has 0 aliphatic heterocycles. The Morgan fingerprint density at radius 2 is 2.11 bits per heavy atom. The van der Waals surface area contributed by atoms with Crippen molar-refractivity contribution in [3.63, 3.8) is 0 Å². The van der Waals surface area contributed by atoms with Crippen LogP contribution in [-0.2, 0) is 17.8 Å². The van der Waals surface area contributed by atoms with Crippen molar-refractivity contribution in [1.82, 2.24) is 9.78 Å². The monoisotopic (exact) mass is 245 g/mol. The minimum atomic E-state index is -0.379. The van der Waals surface area contributed by atoms with Crippen molar-refractivity contribution in [3.05, 3.63) is 30.0 Å². The zero-order valence-electron chi connectivity index (χ0n) is 10.9. The van der Waals surface area contributed by atoms with Gasteiger partial charge in [0, 0.05) is 11.9 Å². The van der Waals surface area contributed by atoms with E-state index in [1.807, 2.05) is 42.8 Å². The Balaban J connectivity index is 2.36. The van der Waals surface area contributed by atoms with Crippen LogP contribution in [0.4, 0.5) is 0 Å². The summed E-state index contributed by atoms with van der Waals surface area (Å²) < 4.78 is 1.93. The molecule has 2 rings (SSSR count). The molecule has 0 saturated carbocycles. The molecule has 1 heterocycles. The first kappa shape index (κ1) is 12.8. The minimum Gasteiger partial charge on any atom is -0.322 e. The first-order chi connectivity index (χ1) is 8.67. The Morgan fingerprint density at radius 3 is 2.78 bits per heavy atom. The molecular weight excluding hydrogens is 226 g/mol. The number of rotatable bonds is 5. The molecule has 0 saturated heterocycles. The highest BCUT2D eigenvalue weighted by molar-refractivity contribution is 5.90. The lowest BCUT2D eigenvalue weighted by atomic mass is 10.0. The number of ketones is 1. The van der Waals surface area contributed by atoms with Crippen LogP contribution in [0.15, 0.2) is 24.3 Å². The topological polar surface area (TPSA) is 60.9 Å². The summed E-state index contributed by atoms with van der Waals surface area (Å²) in [4.78, 5) is 11.9. The molecular formula is C14H19N3O. The SMILES string of the molecule is CCC(N)C(=O)Cc1nn(CC)c2ccccc12.